The van der Waals surface area contributed by atoms with Gasteiger partial charge in [0.1, 0.15) is 12.0 Å². The Morgan fingerprint density at radius 3 is 2.48 bits per heavy atom. The van der Waals surface area contributed by atoms with Crippen LogP contribution in [0.3, 0.4) is 0 Å². The molecule has 31 heavy (non-hydrogen) atoms. The summed E-state index contributed by atoms with van der Waals surface area (Å²) < 4.78 is 13.2. The van der Waals surface area contributed by atoms with Crippen LogP contribution in [0.15, 0.2) is 72.8 Å². The van der Waals surface area contributed by atoms with Gasteiger partial charge in [-0.25, -0.2) is 4.39 Å². The van der Waals surface area contributed by atoms with Crippen LogP contribution in [-0.4, -0.2) is 34.5 Å². The van der Waals surface area contributed by atoms with Crippen molar-refractivity contribution in [3.05, 3.63) is 84.2 Å². The minimum Gasteiger partial charge on any atom is -0.355 e. The van der Waals surface area contributed by atoms with Gasteiger partial charge < -0.3 is 10.2 Å². The summed E-state index contributed by atoms with van der Waals surface area (Å²) in [4.78, 5) is 16.5. The molecule has 1 N–H and O–H groups in total. The highest BCUT2D eigenvalue weighted by Crippen LogP contribution is 2.44. The number of fused-ring (bicyclic) bond motifs is 1. The molecule has 3 atom stereocenters. The number of nitrogens with zero attached hydrogens (tertiary/aromatic N) is 3. The second-order valence-corrected chi connectivity index (χ2v) is 8.10. The van der Waals surface area contributed by atoms with Crippen molar-refractivity contribution in [2.75, 3.05) is 11.9 Å². The second-order valence-electron chi connectivity index (χ2n) is 8.10. The van der Waals surface area contributed by atoms with E-state index in [-0.39, 0.29) is 23.9 Å². The molecular formula is C25H21FN4O. The number of carbonyl (C=O) groups is 1. The van der Waals surface area contributed by atoms with E-state index < -0.39 is 0 Å². The van der Waals surface area contributed by atoms with Gasteiger partial charge in [0.15, 0.2) is 6.19 Å². The first kappa shape index (κ1) is 19.1. The minimum atomic E-state index is -0.276. The number of benzene rings is 3. The molecule has 2 saturated heterocycles. The molecule has 2 heterocycles. The van der Waals surface area contributed by atoms with E-state index in [0.717, 1.165) is 22.5 Å². The van der Waals surface area contributed by atoms with E-state index in [1.165, 1.54) is 12.1 Å². The van der Waals surface area contributed by atoms with Gasteiger partial charge in [0.2, 0.25) is 0 Å². The van der Waals surface area contributed by atoms with Crippen LogP contribution >= 0.6 is 0 Å². The van der Waals surface area contributed by atoms with Crippen molar-refractivity contribution in [1.82, 2.24) is 9.80 Å². The van der Waals surface area contributed by atoms with Gasteiger partial charge in [-0.3, -0.25) is 9.69 Å². The average molecular weight is 412 g/mol. The van der Waals surface area contributed by atoms with E-state index in [2.05, 4.69) is 18.4 Å². The predicted molar refractivity (Wildman–Crippen MR) is 117 cm³/mol. The third-order valence-corrected chi connectivity index (χ3v) is 6.07. The summed E-state index contributed by atoms with van der Waals surface area (Å²) in [6.07, 6.45) is 2.10. The third-order valence-electron chi connectivity index (χ3n) is 6.07. The number of hydrogen-bond acceptors (Lipinski definition) is 4. The molecule has 0 bridgehead atoms. The van der Waals surface area contributed by atoms with Crippen molar-refractivity contribution in [2.24, 2.45) is 5.92 Å². The molecular weight excluding hydrogens is 391 g/mol. The van der Waals surface area contributed by atoms with Gasteiger partial charge in [-0.1, -0.05) is 37.3 Å². The molecule has 3 aromatic carbocycles. The molecule has 0 aromatic heterocycles. The third kappa shape index (κ3) is 3.38. The Balaban J connectivity index is 1.36. The lowest BCUT2D eigenvalue weighted by molar-refractivity contribution is 0.0816. The Labute approximate surface area is 180 Å². The molecule has 1 amide bonds. The van der Waals surface area contributed by atoms with Gasteiger partial charge in [-0.15, -0.1) is 0 Å². The quantitative estimate of drug-likeness (QED) is 0.493. The van der Waals surface area contributed by atoms with Gasteiger partial charge in [0, 0.05) is 29.0 Å². The number of nitrogens with one attached hydrogen (secondary N) is 1. The number of hydrogen-bond donors (Lipinski definition) is 1. The fourth-order valence-corrected chi connectivity index (χ4v) is 4.49. The molecule has 0 aliphatic carbocycles. The lowest BCUT2D eigenvalue weighted by Gasteiger charge is -2.17. The van der Waals surface area contributed by atoms with E-state index in [4.69, 9.17) is 0 Å². The van der Waals surface area contributed by atoms with Crippen LogP contribution in [0.4, 0.5) is 15.8 Å². The van der Waals surface area contributed by atoms with Crippen LogP contribution in [0, 0.1) is 23.2 Å². The van der Waals surface area contributed by atoms with Gasteiger partial charge in [0.25, 0.3) is 5.91 Å². The second kappa shape index (κ2) is 7.44. The number of halogens is 1. The highest BCUT2D eigenvalue weighted by Gasteiger charge is 2.61. The fraction of sp³-hybridized carbons (Fsp3) is 0.200. The lowest BCUT2D eigenvalue weighted by Crippen LogP contribution is -2.30. The zero-order valence-electron chi connectivity index (χ0n) is 17.0. The SMILES string of the molecule is CC1CN(C#N)C2[C@@H]1N2C(=O)c1ccc(-c2ccccc2Nc2ccc(F)cc2)cc1. The molecule has 5 rings (SSSR count). The van der Waals surface area contributed by atoms with Crippen molar-refractivity contribution in [2.45, 2.75) is 19.1 Å². The Bertz CT molecular complexity index is 1170. The van der Waals surface area contributed by atoms with Crippen molar-refractivity contribution >= 4 is 17.3 Å². The number of likely N-dealkylation sites (tertiary alicyclic amines) is 1. The monoisotopic (exact) mass is 412 g/mol. The first-order valence-corrected chi connectivity index (χ1v) is 10.3. The van der Waals surface area contributed by atoms with Crippen LogP contribution in [0.5, 0.6) is 0 Å². The van der Waals surface area contributed by atoms with Crippen molar-refractivity contribution in [3.63, 3.8) is 0 Å². The first-order valence-electron chi connectivity index (χ1n) is 10.3. The van der Waals surface area contributed by atoms with Gasteiger partial charge in [-0.05, 0) is 53.9 Å². The highest BCUT2D eigenvalue weighted by molar-refractivity contribution is 5.97. The average Bonchev–Trinajstić information content (AvgIpc) is 3.46. The van der Waals surface area contributed by atoms with Gasteiger partial charge in [0.05, 0.1) is 6.04 Å². The first-order chi connectivity index (χ1) is 15.1. The van der Waals surface area contributed by atoms with Crippen LogP contribution in [0.25, 0.3) is 11.1 Å². The maximum absolute atomic E-state index is 13.2. The number of rotatable bonds is 4. The lowest BCUT2D eigenvalue weighted by atomic mass is 10.0. The highest BCUT2D eigenvalue weighted by atomic mass is 19.1. The summed E-state index contributed by atoms with van der Waals surface area (Å²) in [6.45, 7) is 2.79. The molecule has 0 spiro atoms. The maximum atomic E-state index is 13.2. The summed E-state index contributed by atoms with van der Waals surface area (Å²) in [5.74, 6) is -0.00900. The topological polar surface area (TPSA) is 59.1 Å². The van der Waals surface area contributed by atoms with Crippen LogP contribution in [0.2, 0.25) is 0 Å². The molecule has 2 aliphatic rings. The molecule has 2 fully saturated rings. The number of carbonyl (C=O) groups excluding carboxylic acids is 1. The molecule has 154 valence electrons. The molecule has 5 nitrogen and oxygen atoms in total. The smallest absolute Gasteiger partial charge is 0.255 e. The van der Waals surface area contributed by atoms with Gasteiger partial charge in [-0.2, -0.15) is 5.26 Å². The van der Waals surface area contributed by atoms with E-state index in [9.17, 15) is 14.4 Å². The molecule has 0 radical (unpaired) electrons. The predicted octanol–water partition coefficient (Wildman–Crippen LogP) is 4.82. The van der Waals surface area contributed by atoms with Crippen LogP contribution < -0.4 is 5.32 Å². The largest absolute Gasteiger partial charge is 0.355 e. The standard InChI is InChI=1S/C25H21FN4O/c1-16-14-29(15-27)24-23(16)30(24)25(31)18-8-6-17(7-9-18)21-4-2-3-5-22(21)28-20-12-10-19(26)11-13-20/h2-13,16,23-24,28H,14H2,1H3/t16?,23-,24?,30?/m1/s1. The maximum Gasteiger partial charge on any atom is 0.255 e. The normalized spacial score (nSPS) is 21.4. The molecule has 3 aromatic rings. The zero-order chi connectivity index (χ0) is 21.5. The zero-order valence-corrected chi connectivity index (χ0v) is 17.0. The fourth-order valence-electron chi connectivity index (χ4n) is 4.49. The number of nitriles is 1. The van der Waals surface area contributed by atoms with E-state index >= 15 is 0 Å². The Morgan fingerprint density at radius 1 is 1.06 bits per heavy atom. The van der Waals surface area contributed by atoms with Crippen molar-refractivity contribution < 1.29 is 9.18 Å². The summed E-state index contributed by atoms with van der Waals surface area (Å²) >= 11 is 0. The number of para-hydroxylation sites is 1. The molecule has 0 saturated carbocycles. The Morgan fingerprint density at radius 2 is 1.77 bits per heavy atom. The number of amides is 1. The summed E-state index contributed by atoms with van der Waals surface area (Å²) in [5, 5.41) is 12.6. The summed E-state index contributed by atoms with van der Waals surface area (Å²) in [5.41, 5.74) is 4.27. The van der Waals surface area contributed by atoms with E-state index in [0.29, 0.717) is 18.0 Å². The Kier molecular flexibility index (Phi) is 4.59. The summed E-state index contributed by atoms with van der Waals surface area (Å²) in [7, 11) is 0. The molecule has 6 heteroatoms. The van der Waals surface area contributed by atoms with E-state index in [1.54, 1.807) is 21.9 Å². The minimum absolute atomic E-state index is 0.0360. The van der Waals surface area contributed by atoms with Crippen LogP contribution in [-0.2, 0) is 0 Å². The Hall–Kier alpha value is -3.85. The molecule has 2 aliphatic heterocycles. The van der Waals surface area contributed by atoms with Crippen molar-refractivity contribution in [3.8, 4) is 17.3 Å². The molecule has 2 unspecified atom stereocenters. The number of anilines is 2. The van der Waals surface area contributed by atoms with Gasteiger partial charge >= 0.3 is 0 Å². The van der Waals surface area contributed by atoms with Crippen LogP contribution in [0.1, 0.15) is 17.3 Å². The van der Waals surface area contributed by atoms with Crippen molar-refractivity contribution in [1.29, 1.82) is 5.26 Å². The van der Waals surface area contributed by atoms with E-state index in [1.807, 2.05) is 48.5 Å². The summed E-state index contributed by atoms with van der Waals surface area (Å²) in [6, 6.07) is 21.8.